The van der Waals surface area contributed by atoms with Crippen molar-refractivity contribution in [3.8, 4) is 0 Å². The predicted molar refractivity (Wildman–Crippen MR) is 77.6 cm³/mol. The van der Waals surface area contributed by atoms with Gasteiger partial charge < -0.3 is 14.7 Å². The first-order valence-electron chi connectivity index (χ1n) is 7.24. The van der Waals surface area contributed by atoms with Crippen molar-refractivity contribution in [2.75, 3.05) is 0 Å². The van der Waals surface area contributed by atoms with Gasteiger partial charge >= 0.3 is 0 Å². The molecule has 0 radical (unpaired) electrons. The first-order chi connectivity index (χ1) is 9.75. The molecule has 0 bridgehead atoms. The van der Waals surface area contributed by atoms with Crippen molar-refractivity contribution in [3.63, 3.8) is 0 Å². The number of aromatic nitrogens is 4. The lowest BCUT2D eigenvalue weighted by Crippen LogP contribution is -2.28. The second-order valence-corrected chi connectivity index (χ2v) is 5.68. The number of nitrogens with zero attached hydrogens (tertiary/aromatic N) is 3. The van der Waals surface area contributed by atoms with Crippen LogP contribution in [0.1, 0.15) is 37.5 Å². The number of imidazole rings is 1. The Labute approximate surface area is 116 Å². The first kappa shape index (κ1) is 11.9. The molecule has 3 aromatic rings. The second-order valence-electron chi connectivity index (χ2n) is 5.68. The molecule has 1 fully saturated rings. The van der Waals surface area contributed by atoms with Crippen LogP contribution in [0.5, 0.6) is 0 Å². The van der Waals surface area contributed by atoms with E-state index in [-0.39, 0.29) is 12.1 Å². The van der Waals surface area contributed by atoms with E-state index in [0.29, 0.717) is 0 Å². The monoisotopic (exact) mass is 270 g/mol. The number of pyridine rings is 1. The molecule has 0 saturated heterocycles. The molecular weight excluding hydrogens is 252 g/mol. The number of aromatic amines is 1. The average Bonchev–Trinajstić information content (AvgIpc) is 3.02. The van der Waals surface area contributed by atoms with Gasteiger partial charge in [-0.1, -0.05) is 12.8 Å². The second kappa shape index (κ2) is 4.31. The largest absolute Gasteiger partial charge is 0.391 e. The zero-order valence-electron chi connectivity index (χ0n) is 11.5. The molecule has 1 aliphatic carbocycles. The number of aryl methyl sites for hydroxylation is 1. The summed E-state index contributed by atoms with van der Waals surface area (Å²) in [4.78, 5) is 12.2. The molecule has 4 rings (SSSR count). The molecule has 1 saturated carbocycles. The maximum absolute atomic E-state index is 10.4. The molecule has 104 valence electrons. The van der Waals surface area contributed by atoms with Gasteiger partial charge in [-0.2, -0.15) is 0 Å². The van der Waals surface area contributed by atoms with E-state index in [2.05, 4.69) is 19.5 Å². The number of hydrogen-bond acceptors (Lipinski definition) is 3. The summed E-state index contributed by atoms with van der Waals surface area (Å²) in [5, 5.41) is 11.5. The third kappa shape index (κ3) is 1.59. The van der Waals surface area contributed by atoms with E-state index < -0.39 is 0 Å². The topological polar surface area (TPSA) is 66.7 Å². The van der Waals surface area contributed by atoms with Crippen LogP contribution in [-0.4, -0.2) is 30.7 Å². The van der Waals surface area contributed by atoms with Crippen molar-refractivity contribution in [2.45, 2.75) is 44.8 Å². The van der Waals surface area contributed by atoms with Gasteiger partial charge in [-0.05, 0) is 25.8 Å². The fourth-order valence-electron chi connectivity index (χ4n) is 3.51. The number of aliphatic hydroxyl groups is 1. The van der Waals surface area contributed by atoms with Crippen LogP contribution in [0.2, 0.25) is 0 Å². The molecule has 5 heteroatoms. The summed E-state index contributed by atoms with van der Waals surface area (Å²) in [6.45, 7) is 2.01. The molecule has 1 aliphatic rings. The van der Waals surface area contributed by atoms with Crippen molar-refractivity contribution in [2.24, 2.45) is 0 Å². The highest BCUT2D eigenvalue weighted by molar-refractivity contribution is 6.01. The Morgan fingerprint density at radius 1 is 1.35 bits per heavy atom. The summed E-state index contributed by atoms with van der Waals surface area (Å²) >= 11 is 0. The third-order valence-electron chi connectivity index (χ3n) is 4.44. The minimum absolute atomic E-state index is 0.134. The van der Waals surface area contributed by atoms with Gasteiger partial charge in [0.15, 0.2) is 0 Å². The minimum Gasteiger partial charge on any atom is -0.391 e. The Balaban J connectivity index is 2.01. The van der Waals surface area contributed by atoms with Gasteiger partial charge in [-0.15, -0.1) is 0 Å². The van der Waals surface area contributed by atoms with Crippen LogP contribution in [0.15, 0.2) is 18.5 Å². The molecule has 3 aromatic heterocycles. The fraction of sp³-hybridized carbons (Fsp3) is 0.467. The Kier molecular flexibility index (Phi) is 2.57. The van der Waals surface area contributed by atoms with Crippen molar-refractivity contribution < 1.29 is 5.11 Å². The molecule has 5 nitrogen and oxygen atoms in total. The van der Waals surface area contributed by atoms with Crippen LogP contribution in [0.25, 0.3) is 22.1 Å². The van der Waals surface area contributed by atoms with Gasteiger partial charge in [0.05, 0.1) is 23.9 Å². The van der Waals surface area contributed by atoms with Crippen molar-refractivity contribution in [1.82, 2.24) is 19.5 Å². The highest BCUT2D eigenvalue weighted by Gasteiger charge is 2.28. The lowest BCUT2D eigenvalue weighted by molar-refractivity contribution is 0.0764. The fourth-order valence-corrected chi connectivity index (χ4v) is 3.51. The van der Waals surface area contributed by atoms with E-state index in [1.54, 1.807) is 0 Å². The van der Waals surface area contributed by atoms with Gasteiger partial charge in [0.1, 0.15) is 17.0 Å². The Morgan fingerprint density at radius 2 is 2.20 bits per heavy atom. The summed E-state index contributed by atoms with van der Waals surface area (Å²) in [5.41, 5.74) is 2.89. The van der Waals surface area contributed by atoms with Crippen LogP contribution in [-0.2, 0) is 0 Å². The van der Waals surface area contributed by atoms with Gasteiger partial charge in [0.25, 0.3) is 0 Å². The van der Waals surface area contributed by atoms with Crippen LogP contribution in [0.4, 0.5) is 0 Å². The number of hydrogen-bond donors (Lipinski definition) is 2. The number of aliphatic hydroxyl groups excluding tert-OH is 1. The normalized spacial score (nSPS) is 23.7. The van der Waals surface area contributed by atoms with Crippen LogP contribution < -0.4 is 0 Å². The smallest absolute Gasteiger partial charge is 0.139 e. The van der Waals surface area contributed by atoms with Crippen molar-refractivity contribution in [3.05, 3.63) is 24.3 Å². The molecule has 2 atom stereocenters. The number of nitrogens with one attached hydrogen (secondary N) is 1. The number of fused-ring (bicyclic) bond motifs is 3. The van der Waals surface area contributed by atoms with Crippen LogP contribution in [0, 0.1) is 6.92 Å². The summed E-state index contributed by atoms with van der Waals surface area (Å²) in [7, 11) is 0. The molecule has 3 heterocycles. The number of H-pyrrole nitrogens is 1. The molecule has 0 aromatic carbocycles. The van der Waals surface area contributed by atoms with E-state index in [1.165, 1.54) is 6.42 Å². The van der Waals surface area contributed by atoms with E-state index in [4.69, 9.17) is 0 Å². The highest BCUT2D eigenvalue weighted by atomic mass is 16.3. The minimum atomic E-state index is -0.276. The standard InChI is InChI=1S/C15H18N4O/c1-9-18-11-8-17-15-10(6-7-16-15)14(11)19(9)12-4-2-3-5-13(12)20/h6-8,12-13,20H,2-5H2,1H3,(H,16,17)/t12-,13-/m1/s1. The zero-order chi connectivity index (χ0) is 13.7. The molecular formula is C15H18N4O. The first-order valence-corrected chi connectivity index (χ1v) is 7.24. The predicted octanol–water partition coefficient (Wildman–Crippen LogP) is 2.70. The lowest BCUT2D eigenvalue weighted by Gasteiger charge is -2.30. The van der Waals surface area contributed by atoms with Crippen molar-refractivity contribution >= 4 is 22.1 Å². The Hall–Kier alpha value is -1.88. The van der Waals surface area contributed by atoms with Gasteiger partial charge in [0, 0.05) is 11.6 Å². The van der Waals surface area contributed by atoms with Gasteiger partial charge in [0.2, 0.25) is 0 Å². The van der Waals surface area contributed by atoms with Crippen molar-refractivity contribution in [1.29, 1.82) is 0 Å². The SMILES string of the molecule is Cc1nc2cnc3[nH]ccc3c2n1[C@@H]1CCCC[C@H]1O. The quantitative estimate of drug-likeness (QED) is 0.714. The Bertz CT molecular complexity index is 773. The molecule has 0 aliphatic heterocycles. The van der Waals surface area contributed by atoms with E-state index in [0.717, 1.165) is 47.2 Å². The van der Waals surface area contributed by atoms with E-state index in [1.807, 2.05) is 25.4 Å². The third-order valence-corrected chi connectivity index (χ3v) is 4.44. The maximum atomic E-state index is 10.4. The summed E-state index contributed by atoms with van der Waals surface area (Å²) < 4.78 is 2.22. The van der Waals surface area contributed by atoms with Crippen LogP contribution in [0.3, 0.4) is 0 Å². The molecule has 0 spiro atoms. The summed E-state index contributed by atoms with van der Waals surface area (Å²) in [6, 6.07) is 2.17. The van der Waals surface area contributed by atoms with E-state index >= 15 is 0 Å². The number of rotatable bonds is 1. The van der Waals surface area contributed by atoms with Gasteiger partial charge in [-0.25, -0.2) is 9.97 Å². The Morgan fingerprint density at radius 3 is 3.05 bits per heavy atom. The van der Waals surface area contributed by atoms with Crippen LogP contribution >= 0.6 is 0 Å². The maximum Gasteiger partial charge on any atom is 0.139 e. The summed E-state index contributed by atoms with van der Waals surface area (Å²) in [5.74, 6) is 0.960. The van der Waals surface area contributed by atoms with E-state index in [9.17, 15) is 5.11 Å². The summed E-state index contributed by atoms with van der Waals surface area (Å²) in [6.07, 6.45) is 7.62. The highest BCUT2D eigenvalue weighted by Crippen LogP contribution is 2.34. The average molecular weight is 270 g/mol. The van der Waals surface area contributed by atoms with Gasteiger partial charge in [-0.3, -0.25) is 0 Å². The molecule has 20 heavy (non-hydrogen) atoms. The molecule has 0 unspecified atom stereocenters. The zero-order valence-corrected chi connectivity index (χ0v) is 11.5. The molecule has 0 amide bonds. The lowest BCUT2D eigenvalue weighted by atomic mass is 9.92. The molecule has 2 N–H and O–H groups in total.